The molecule has 3 aromatic rings. The number of furan rings is 1. The Balaban J connectivity index is 1.73. The van der Waals surface area contributed by atoms with Crippen molar-refractivity contribution < 1.29 is 9.21 Å². The van der Waals surface area contributed by atoms with Crippen molar-refractivity contribution in [3.05, 3.63) is 70.6 Å². The standard InChI is InChI=1S/C24H26N4O3/c1-27(2)12-13-28(3)24(29)22-15-20(23(31-22)16-8-10-25-11-9-16)18-4-6-19-17(14-18)5-7-21(19)26-30/h4,6,8-11,14-15,21H,5,7,12-13H2,1-3H3. The number of hydrogen-bond donors (Lipinski definition) is 0. The molecule has 2 aromatic heterocycles. The number of aryl methyl sites for hydroxylation is 1. The van der Waals surface area contributed by atoms with E-state index in [0.29, 0.717) is 18.1 Å². The lowest BCUT2D eigenvalue weighted by molar-refractivity contribution is 0.0756. The Morgan fingerprint density at radius 2 is 1.87 bits per heavy atom. The molecule has 160 valence electrons. The summed E-state index contributed by atoms with van der Waals surface area (Å²) in [5.41, 5.74) is 4.78. The quantitative estimate of drug-likeness (QED) is 0.532. The molecule has 1 aromatic carbocycles. The molecule has 2 heterocycles. The van der Waals surface area contributed by atoms with Crippen LogP contribution in [0.1, 0.15) is 34.1 Å². The van der Waals surface area contributed by atoms with Crippen molar-refractivity contribution >= 4 is 5.91 Å². The fourth-order valence-electron chi connectivity index (χ4n) is 3.94. The first-order valence-electron chi connectivity index (χ1n) is 10.4. The highest BCUT2D eigenvalue weighted by Crippen LogP contribution is 2.40. The molecule has 0 radical (unpaired) electrons. The molecule has 7 nitrogen and oxygen atoms in total. The average molecular weight is 418 g/mol. The lowest BCUT2D eigenvalue weighted by Gasteiger charge is -2.18. The van der Waals surface area contributed by atoms with Gasteiger partial charge in [0.1, 0.15) is 11.8 Å². The Hall–Kier alpha value is -3.32. The second kappa shape index (κ2) is 8.81. The minimum atomic E-state index is -0.268. The molecule has 31 heavy (non-hydrogen) atoms. The topological polar surface area (TPSA) is 79.0 Å². The van der Waals surface area contributed by atoms with Gasteiger partial charge in [-0.25, -0.2) is 0 Å². The van der Waals surface area contributed by atoms with Crippen molar-refractivity contribution in [2.45, 2.75) is 18.9 Å². The molecule has 0 saturated carbocycles. The first-order valence-corrected chi connectivity index (χ1v) is 10.4. The molecular formula is C24H26N4O3. The third-order valence-electron chi connectivity index (χ3n) is 5.74. The molecule has 1 unspecified atom stereocenters. The van der Waals surface area contributed by atoms with Crippen molar-refractivity contribution in [3.8, 4) is 22.5 Å². The van der Waals surface area contributed by atoms with Crippen molar-refractivity contribution in [1.29, 1.82) is 0 Å². The number of carbonyl (C=O) groups is 1. The van der Waals surface area contributed by atoms with Gasteiger partial charge in [0.15, 0.2) is 5.76 Å². The predicted molar refractivity (Wildman–Crippen MR) is 120 cm³/mol. The number of likely N-dealkylation sites (N-methyl/N-ethyl adjacent to an activating group) is 2. The maximum absolute atomic E-state index is 13.0. The Morgan fingerprint density at radius 3 is 2.58 bits per heavy atom. The fraction of sp³-hybridized carbons (Fsp3) is 0.333. The van der Waals surface area contributed by atoms with Crippen LogP contribution in [-0.2, 0) is 6.42 Å². The molecule has 1 atom stereocenters. The number of benzene rings is 1. The highest BCUT2D eigenvalue weighted by atomic mass is 16.4. The van der Waals surface area contributed by atoms with E-state index < -0.39 is 0 Å². The van der Waals surface area contributed by atoms with Crippen molar-refractivity contribution in [3.63, 3.8) is 0 Å². The van der Waals surface area contributed by atoms with Gasteiger partial charge in [0, 0.05) is 43.7 Å². The van der Waals surface area contributed by atoms with Gasteiger partial charge in [-0.1, -0.05) is 23.4 Å². The van der Waals surface area contributed by atoms with E-state index in [1.807, 2.05) is 49.3 Å². The molecule has 0 N–H and O–H groups in total. The van der Waals surface area contributed by atoms with Crippen LogP contribution in [0.5, 0.6) is 0 Å². The van der Waals surface area contributed by atoms with E-state index in [1.165, 1.54) is 0 Å². The normalized spacial score (nSPS) is 15.2. The molecule has 0 bridgehead atoms. The van der Waals surface area contributed by atoms with E-state index in [4.69, 9.17) is 4.42 Å². The maximum atomic E-state index is 13.0. The molecule has 0 saturated heterocycles. The van der Waals surface area contributed by atoms with Gasteiger partial charge in [0.05, 0.1) is 0 Å². The molecule has 7 heteroatoms. The Morgan fingerprint density at radius 1 is 1.10 bits per heavy atom. The first-order chi connectivity index (χ1) is 15.0. The van der Waals surface area contributed by atoms with Gasteiger partial charge in [0.25, 0.3) is 5.91 Å². The molecule has 1 aliphatic rings. The van der Waals surface area contributed by atoms with E-state index in [2.05, 4.69) is 16.2 Å². The van der Waals surface area contributed by atoms with Crippen LogP contribution in [0.25, 0.3) is 22.5 Å². The number of fused-ring (bicyclic) bond motifs is 1. The maximum Gasteiger partial charge on any atom is 0.289 e. The van der Waals surface area contributed by atoms with E-state index in [0.717, 1.165) is 47.2 Å². The smallest absolute Gasteiger partial charge is 0.289 e. The zero-order valence-corrected chi connectivity index (χ0v) is 18.0. The Bertz CT molecular complexity index is 1090. The Kier molecular flexibility index (Phi) is 5.95. The van der Waals surface area contributed by atoms with E-state index >= 15 is 0 Å². The summed E-state index contributed by atoms with van der Waals surface area (Å²) in [5, 5.41) is 3.24. The lowest BCUT2D eigenvalue weighted by atomic mass is 9.98. The number of rotatable bonds is 7. The van der Waals surface area contributed by atoms with Crippen molar-refractivity contribution in [1.82, 2.24) is 14.8 Å². The van der Waals surface area contributed by atoms with E-state index in [-0.39, 0.29) is 11.9 Å². The number of carbonyl (C=O) groups excluding carboxylic acids is 1. The largest absolute Gasteiger partial charge is 0.450 e. The summed E-state index contributed by atoms with van der Waals surface area (Å²) in [5.74, 6) is 0.778. The number of amides is 1. The highest BCUT2D eigenvalue weighted by Gasteiger charge is 2.26. The summed E-state index contributed by atoms with van der Waals surface area (Å²) in [6.07, 6.45) is 4.97. The molecule has 1 aliphatic carbocycles. The molecule has 0 spiro atoms. The van der Waals surface area contributed by atoms with Crippen LogP contribution < -0.4 is 0 Å². The predicted octanol–water partition coefficient (Wildman–Crippen LogP) is 4.40. The number of pyridine rings is 1. The van der Waals surface area contributed by atoms with Gasteiger partial charge in [-0.2, -0.15) is 4.91 Å². The van der Waals surface area contributed by atoms with Crippen LogP contribution in [0.2, 0.25) is 0 Å². The summed E-state index contributed by atoms with van der Waals surface area (Å²) in [6.45, 7) is 1.37. The number of aromatic nitrogens is 1. The van der Waals surface area contributed by atoms with Crippen molar-refractivity contribution in [2.75, 3.05) is 34.2 Å². The average Bonchev–Trinajstić information content (AvgIpc) is 3.41. The van der Waals surface area contributed by atoms with E-state index in [9.17, 15) is 9.70 Å². The molecule has 1 amide bonds. The van der Waals surface area contributed by atoms with Gasteiger partial charge in [-0.3, -0.25) is 9.78 Å². The van der Waals surface area contributed by atoms with Crippen LogP contribution in [0.4, 0.5) is 0 Å². The molecule has 4 rings (SSSR count). The van der Waals surface area contributed by atoms with Gasteiger partial charge in [-0.05, 0) is 61.8 Å². The second-order valence-corrected chi connectivity index (χ2v) is 8.19. The van der Waals surface area contributed by atoms with Crippen LogP contribution in [0.15, 0.2) is 58.4 Å². The monoisotopic (exact) mass is 418 g/mol. The number of nitrogens with zero attached hydrogens (tertiary/aromatic N) is 4. The van der Waals surface area contributed by atoms with Crippen LogP contribution in [0, 0.1) is 4.91 Å². The third-order valence-corrected chi connectivity index (χ3v) is 5.74. The van der Waals surface area contributed by atoms with Gasteiger partial charge in [0.2, 0.25) is 0 Å². The third kappa shape index (κ3) is 4.27. The van der Waals surface area contributed by atoms with Gasteiger partial charge in [-0.15, -0.1) is 0 Å². The van der Waals surface area contributed by atoms with Gasteiger partial charge < -0.3 is 14.2 Å². The highest BCUT2D eigenvalue weighted by molar-refractivity contribution is 5.95. The van der Waals surface area contributed by atoms with Gasteiger partial charge >= 0.3 is 0 Å². The van der Waals surface area contributed by atoms with Crippen LogP contribution in [-0.4, -0.2) is 54.9 Å². The van der Waals surface area contributed by atoms with Crippen LogP contribution in [0.3, 0.4) is 0 Å². The number of hydrogen-bond acceptors (Lipinski definition) is 6. The molecule has 0 aliphatic heterocycles. The zero-order valence-electron chi connectivity index (χ0n) is 18.0. The number of nitroso groups, excluding NO2 is 1. The van der Waals surface area contributed by atoms with Crippen molar-refractivity contribution in [2.24, 2.45) is 5.18 Å². The molecule has 0 fully saturated rings. The molecular weight excluding hydrogens is 392 g/mol. The summed E-state index contributed by atoms with van der Waals surface area (Å²) < 4.78 is 6.11. The lowest BCUT2D eigenvalue weighted by Crippen LogP contribution is -2.33. The van der Waals surface area contributed by atoms with E-state index in [1.54, 1.807) is 24.3 Å². The first kappa shape index (κ1) is 20.9. The minimum Gasteiger partial charge on any atom is -0.450 e. The second-order valence-electron chi connectivity index (χ2n) is 8.19. The summed E-state index contributed by atoms with van der Waals surface area (Å²) in [6, 6.07) is 11.3. The van der Waals surface area contributed by atoms with Crippen LogP contribution >= 0.6 is 0 Å². The summed E-state index contributed by atoms with van der Waals surface area (Å²) in [7, 11) is 5.73. The summed E-state index contributed by atoms with van der Waals surface area (Å²) >= 11 is 0. The fourth-order valence-corrected chi connectivity index (χ4v) is 3.94. The minimum absolute atomic E-state index is 0.158. The zero-order chi connectivity index (χ0) is 22.0. The Labute approximate surface area is 181 Å². The summed E-state index contributed by atoms with van der Waals surface area (Å²) in [4.78, 5) is 31.9. The SMILES string of the molecule is CN(C)CCN(C)C(=O)c1cc(-c2ccc3c(c2)CCC3N=O)c(-c2ccncc2)o1.